The van der Waals surface area contributed by atoms with Gasteiger partial charge in [-0.25, -0.2) is 0 Å². The maximum atomic E-state index is 6.55. The van der Waals surface area contributed by atoms with Crippen molar-refractivity contribution in [3.05, 3.63) is 0 Å². The van der Waals surface area contributed by atoms with Crippen LogP contribution in [-0.2, 0) is 9.16 Å². The van der Waals surface area contributed by atoms with Crippen molar-refractivity contribution in [3.63, 3.8) is 0 Å². The molecule has 2 aliphatic rings. The average Bonchev–Trinajstić information content (AvgIpc) is 2.86. The maximum Gasteiger partial charge on any atom is 0.209 e. The van der Waals surface area contributed by atoms with Crippen molar-refractivity contribution in [2.24, 2.45) is 5.92 Å². The highest BCUT2D eigenvalue weighted by Gasteiger charge is 2.67. The van der Waals surface area contributed by atoms with Gasteiger partial charge < -0.3 is 9.16 Å². The van der Waals surface area contributed by atoms with Crippen LogP contribution in [0.4, 0.5) is 0 Å². The van der Waals surface area contributed by atoms with Crippen LogP contribution in [0.2, 0.25) is 15.6 Å². The lowest BCUT2D eigenvalue weighted by Gasteiger charge is -2.51. The summed E-state index contributed by atoms with van der Waals surface area (Å²) in [5.41, 5.74) is 0.669. The molecule has 0 aliphatic carbocycles. The Hall–Kier alpha value is 0.137. The first-order valence-electron chi connectivity index (χ1n) is 6.87. The van der Waals surface area contributed by atoms with Crippen molar-refractivity contribution in [2.75, 3.05) is 13.2 Å². The van der Waals surface area contributed by atoms with Crippen LogP contribution in [0.3, 0.4) is 0 Å². The normalized spacial score (nSPS) is 37.2. The zero-order valence-corrected chi connectivity index (χ0v) is 13.5. The lowest BCUT2D eigenvalue weighted by atomic mass is 10.1. The molecule has 0 aromatic rings. The summed E-state index contributed by atoms with van der Waals surface area (Å²) < 4.78 is 12.2. The highest BCUT2D eigenvalue weighted by Crippen LogP contribution is 2.64. The second kappa shape index (κ2) is 3.81. The molecular formula is C14H28O2Si. The fourth-order valence-electron chi connectivity index (χ4n) is 4.31. The van der Waals surface area contributed by atoms with Gasteiger partial charge in [-0.2, -0.15) is 0 Å². The van der Waals surface area contributed by atoms with E-state index in [-0.39, 0.29) is 10.1 Å². The maximum absolute atomic E-state index is 6.55. The summed E-state index contributed by atoms with van der Waals surface area (Å²) in [6.45, 7) is 18.5. The van der Waals surface area contributed by atoms with Crippen LogP contribution in [0.5, 0.6) is 0 Å². The smallest absolute Gasteiger partial charge is 0.209 e. The summed E-state index contributed by atoms with van der Waals surface area (Å²) in [4.78, 5) is 0. The van der Waals surface area contributed by atoms with Gasteiger partial charge in [0, 0.05) is 12.1 Å². The third kappa shape index (κ3) is 1.91. The van der Waals surface area contributed by atoms with Crippen LogP contribution < -0.4 is 0 Å². The lowest BCUT2D eigenvalue weighted by molar-refractivity contribution is 0.277. The van der Waals surface area contributed by atoms with E-state index >= 15 is 0 Å². The highest BCUT2D eigenvalue weighted by atomic mass is 28.4. The van der Waals surface area contributed by atoms with E-state index in [9.17, 15) is 0 Å². The number of hydrogen-bond donors (Lipinski definition) is 0. The van der Waals surface area contributed by atoms with Gasteiger partial charge >= 0.3 is 0 Å². The fraction of sp³-hybridized carbons (Fsp3) is 1.00. The molecule has 2 rings (SSSR count). The minimum absolute atomic E-state index is 0.270. The molecule has 3 heteroatoms. The lowest BCUT2D eigenvalue weighted by Crippen LogP contribution is -2.56. The minimum atomic E-state index is -1.85. The zero-order chi connectivity index (χ0) is 13.1. The van der Waals surface area contributed by atoms with Crippen LogP contribution in [0.15, 0.2) is 0 Å². The predicted octanol–water partition coefficient (Wildman–Crippen LogP) is 3.97. The molecule has 100 valence electrons. The summed E-state index contributed by atoms with van der Waals surface area (Å²) >= 11 is 0. The van der Waals surface area contributed by atoms with E-state index in [2.05, 4.69) is 48.5 Å². The Kier molecular flexibility index (Phi) is 3.04. The molecule has 0 bridgehead atoms. The van der Waals surface area contributed by atoms with Gasteiger partial charge in [0.15, 0.2) is 0 Å². The SMILES string of the molecule is C[C@@H]1CO[Si](C(C)(C)C)(C(C)(C)C)[C@H]1C1CO1. The largest absolute Gasteiger partial charge is 0.415 e. The molecule has 3 atom stereocenters. The van der Waals surface area contributed by atoms with Crippen molar-refractivity contribution >= 4 is 8.32 Å². The van der Waals surface area contributed by atoms with Crippen molar-refractivity contribution < 1.29 is 9.16 Å². The molecule has 2 saturated heterocycles. The van der Waals surface area contributed by atoms with E-state index in [1.165, 1.54) is 0 Å². The highest BCUT2D eigenvalue weighted by molar-refractivity contribution is 6.81. The molecule has 0 N–H and O–H groups in total. The monoisotopic (exact) mass is 256 g/mol. The van der Waals surface area contributed by atoms with E-state index in [4.69, 9.17) is 9.16 Å². The van der Waals surface area contributed by atoms with Crippen LogP contribution in [0, 0.1) is 5.92 Å². The van der Waals surface area contributed by atoms with Crippen molar-refractivity contribution in [1.82, 2.24) is 0 Å². The van der Waals surface area contributed by atoms with E-state index in [0.717, 1.165) is 13.2 Å². The minimum Gasteiger partial charge on any atom is -0.415 e. The van der Waals surface area contributed by atoms with Crippen molar-refractivity contribution in [2.45, 2.75) is 70.2 Å². The Balaban J connectivity index is 2.46. The second-order valence-corrected chi connectivity index (χ2v) is 13.3. The van der Waals surface area contributed by atoms with Crippen LogP contribution in [-0.4, -0.2) is 27.6 Å². The summed E-state index contributed by atoms with van der Waals surface area (Å²) in [5.74, 6) is 0.660. The molecule has 17 heavy (non-hydrogen) atoms. The molecule has 2 nitrogen and oxygen atoms in total. The summed E-state index contributed by atoms with van der Waals surface area (Å²) in [6, 6.07) is 0. The molecule has 0 aromatic heterocycles. The Morgan fingerprint density at radius 1 is 0.941 bits per heavy atom. The van der Waals surface area contributed by atoms with Gasteiger partial charge in [-0.3, -0.25) is 0 Å². The third-order valence-corrected chi connectivity index (χ3v) is 11.6. The Labute approximate surface area is 107 Å². The van der Waals surface area contributed by atoms with Crippen LogP contribution in [0.1, 0.15) is 48.5 Å². The first-order valence-corrected chi connectivity index (χ1v) is 8.85. The molecule has 2 heterocycles. The van der Waals surface area contributed by atoms with Gasteiger partial charge in [0.1, 0.15) is 0 Å². The summed E-state index contributed by atoms with van der Waals surface area (Å²) in [6.07, 6.45) is 0.484. The average molecular weight is 256 g/mol. The number of rotatable bonds is 1. The topological polar surface area (TPSA) is 21.8 Å². The first kappa shape index (κ1) is 13.6. The molecule has 0 saturated carbocycles. The molecule has 2 fully saturated rings. The summed E-state index contributed by atoms with van der Waals surface area (Å²) in [5, 5.41) is 0.541. The number of epoxide rings is 1. The second-order valence-electron chi connectivity index (χ2n) is 7.92. The molecule has 0 radical (unpaired) electrons. The Bertz CT molecular complexity index is 282. The Morgan fingerprint density at radius 3 is 1.76 bits per heavy atom. The van der Waals surface area contributed by atoms with Crippen molar-refractivity contribution in [1.29, 1.82) is 0 Å². The van der Waals surface area contributed by atoms with Gasteiger partial charge in [0.05, 0.1) is 12.7 Å². The first-order chi connectivity index (χ1) is 7.61. The molecule has 1 unspecified atom stereocenters. The van der Waals surface area contributed by atoms with Gasteiger partial charge in [-0.15, -0.1) is 0 Å². The summed E-state index contributed by atoms with van der Waals surface area (Å²) in [7, 11) is -1.85. The molecule has 2 aliphatic heterocycles. The van der Waals surface area contributed by atoms with E-state index in [1.54, 1.807) is 0 Å². The standard InChI is InChI=1S/C14H28O2Si/c1-10-8-16-17(13(2,3)4,14(5,6)7)12(10)11-9-15-11/h10-12H,8-9H2,1-7H3/t10-,11?,12-/m1/s1. The van der Waals surface area contributed by atoms with Crippen LogP contribution in [0.25, 0.3) is 0 Å². The van der Waals surface area contributed by atoms with Gasteiger partial charge in [-0.05, 0) is 16.0 Å². The van der Waals surface area contributed by atoms with E-state index < -0.39 is 8.32 Å². The number of hydrogen-bond acceptors (Lipinski definition) is 2. The molecule has 0 aromatic carbocycles. The van der Waals surface area contributed by atoms with Gasteiger partial charge in [0.25, 0.3) is 0 Å². The van der Waals surface area contributed by atoms with Gasteiger partial charge in [-0.1, -0.05) is 48.5 Å². The Morgan fingerprint density at radius 2 is 1.41 bits per heavy atom. The molecule has 0 spiro atoms. The predicted molar refractivity (Wildman–Crippen MR) is 73.8 cm³/mol. The third-order valence-electron chi connectivity index (χ3n) is 4.64. The van der Waals surface area contributed by atoms with Gasteiger partial charge in [0.2, 0.25) is 8.32 Å². The van der Waals surface area contributed by atoms with E-state index in [0.29, 0.717) is 17.6 Å². The van der Waals surface area contributed by atoms with E-state index in [1.807, 2.05) is 0 Å². The molecule has 0 amide bonds. The fourth-order valence-corrected chi connectivity index (χ4v) is 11.8. The zero-order valence-electron chi connectivity index (χ0n) is 12.5. The number of ether oxygens (including phenoxy) is 1. The van der Waals surface area contributed by atoms with Crippen LogP contribution >= 0.6 is 0 Å². The quantitative estimate of drug-likeness (QED) is 0.523. The van der Waals surface area contributed by atoms with Crippen molar-refractivity contribution in [3.8, 4) is 0 Å². The molecular weight excluding hydrogens is 228 g/mol.